The van der Waals surface area contributed by atoms with Gasteiger partial charge < -0.3 is 9.47 Å². The summed E-state index contributed by atoms with van der Waals surface area (Å²) in [7, 11) is 0. The third-order valence-corrected chi connectivity index (χ3v) is 5.47. The van der Waals surface area contributed by atoms with Gasteiger partial charge in [0.15, 0.2) is 0 Å². The summed E-state index contributed by atoms with van der Waals surface area (Å²) in [5.74, 6) is -2.59. The van der Waals surface area contributed by atoms with Gasteiger partial charge in [-0.1, -0.05) is 26.3 Å². The van der Waals surface area contributed by atoms with Crippen LogP contribution in [0.1, 0.15) is 46.5 Å². The second-order valence-electron chi connectivity index (χ2n) is 6.84. The van der Waals surface area contributed by atoms with Crippen LogP contribution in [0.2, 0.25) is 0 Å². The number of ether oxygens (including phenoxy) is 2. The number of rotatable bonds is 2. The van der Waals surface area contributed by atoms with Crippen LogP contribution in [0, 0.1) is 17.3 Å². The molecule has 3 rings (SSSR count). The zero-order chi connectivity index (χ0) is 17.6. The van der Waals surface area contributed by atoms with Gasteiger partial charge in [-0.15, -0.1) is 0 Å². The van der Waals surface area contributed by atoms with Gasteiger partial charge in [0.25, 0.3) is 0 Å². The first-order chi connectivity index (χ1) is 11.3. The fraction of sp³-hybridized carbons (Fsp3) is 0.556. The molecule has 6 heteroatoms. The quantitative estimate of drug-likeness (QED) is 0.569. The van der Waals surface area contributed by atoms with Crippen molar-refractivity contribution < 1.29 is 28.7 Å². The van der Waals surface area contributed by atoms with E-state index in [4.69, 9.17) is 9.47 Å². The van der Waals surface area contributed by atoms with Crippen LogP contribution in [0.5, 0.6) is 0 Å². The Bertz CT molecular complexity index is 713. The van der Waals surface area contributed by atoms with E-state index >= 15 is 0 Å². The number of carbonyl (C=O) groups is 4. The Morgan fingerprint density at radius 3 is 2.29 bits per heavy atom. The summed E-state index contributed by atoms with van der Waals surface area (Å²) in [5, 5.41) is 0. The Kier molecular flexibility index (Phi) is 3.94. The van der Waals surface area contributed by atoms with Crippen molar-refractivity contribution in [1.29, 1.82) is 0 Å². The fourth-order valence-corrected chi connectivity index (χ4v) is 3.86. The molecule has 0 aromatic carbocycles. The number of hydrogen-bond donors (Lipinski definition) is 0. The summed E-state index contributed by atoms with van der Waals surface area (Å²) in [6, 6.07) is 0. The largest absolute Gasteiger partial charge is 0.389 e. The van der Waals surface area contributed by atoms with E-state index in [2.05, 4.69) is 0 Å². The van der Waals surface area contributed by atoms with Crippen molar-refractivity contribution in [3.05, 3.63) is 22.8 Å². The highest BCUT2D eigenvalue weighted by Gasteiger charge is 2.53. The van der Waals surface area contributed by atoms with Crippen LogP contribution in [0.15, 0.2) is 22.8 Å². The smallest absolute Gasteiger partial charge is 0.342 e. The lowest BCUT2D eigenvalue weighted by Crippen LogP contribution is -2.27. The van der Waals surface area contributed by atoms with E-state index in [9.17, 15) is 19.2 Å². The average molecular weight is 332 g/mol. The first-order valence-corrected chi connectivity index (χ1v) is 8.29. The van der Waals surface area contributed by atoms with E-state index in [0.717, 1.165) is 12.8 Å². The Labute approximate surface area is 139 Å². The molecule has 0 spiro atoms. The zero-order valence-electron chi connectivity index (χ0n) is 14.0. The third-order valence-electron chi connectivity index (χ3n) is 5.47. The first-order valence-electron chi connectivity index (χ1n) is 8.29. The molecule has 0 radical (unpaired) electrons. The molecule has 0 aromatic heterocycles. The number of esters is 4. The Morgan fingerprint density at radius 1 is 1.00 bits per heavy atom. The lowest BCUT2D eigenvalue weighted by molar-refractivity contribution is -0.154. The molecule has 0 unspecified atom stereocenters. The molecule has 6 nitrogen and oxygen atoms in total. The lowest BCUT2D eigenvalue weighted by atomic mass is 9.76. The maximum absolute atomic E-state index is 12.3. The third kappa shape index (κ3) is 2.32. The van der Waals surface area contributed by atoms with Gasteiger partial charge in [0.05, 0.1) is 5.57 Å². The van der Waals surface area contributed by atoms with Crippen molar-refractivity contribution in [2.75, 3.05) is 0 Å². The van der Waals surface area contributed by atoms with Crippen molar-refractivity contribution in [2.45, 2.75) is 46.5 Å². The molecule has 0 N–H and O–H groups in total. The summed E-state index contributed by atoms with van der Waals surface area (Å²) in [6.45, 7) is 5.59. The molecule has 1 aliphatic carbocycles. The predicted octanol–water partition coefficient (Wildman–Crippen LogP) is 2.23. The van der Waals surface area contributed by atoms with Gasteiger partial charge in [-0.25, -0.2) is 14.4 Å². The maximum Gasteiger partial charge on any atom is 0.342 e. The van der Waals surface area contributed by atoms with Gasteiger partial charge in [-0.3, -0.25) is 4.79 Å². The molecule has 0 aromatic rings. The second kappa shape index (κ2) is 5.69. The summed E-state index contributed by atoms with van der Waals surface area (Å²) < 4.78 is 9.60. The van der Waals surface area contributed by atoms with Crippen molar-refractivity contribution in [3.8, 4) is 0 Å². The summed E-state index contributed by atoms with van der Waals surface area (Å²) in [5.41, 5.74) is -0.417. The molecular weight excluding hydrogens is 312 g/mol. The minimum absolute atomic E-state index is 0.0122. The molecule has 0 saturated carbocycles. The van der Waals surface area contributed by atoms with E-state index in [-0.39, 0.29) is 23.8 Å². The van der Waals surface area contributed by atoms with Gasteiger partial charge in [0, 0.05) is 17.6 Å². The van der Waals surface area contributed by atoms with Crippen LogP contribution in [-0.2, 0) is 28.7 Å². The molecule has 0 bridgehead atoms. The predicted molar refractivity (Wildman–Crippen MR) is 82.2 cm³/mol. The number of hydrogen-bond acceptors (Lipinski definition) is 6. The Hall–Kier alpha value is -2.24. The molecule has 24 heavy (non-hydrogen) atoms. The number of cyclic esters (lactones) is 4. The molecule has 0 amide bonds. The molecular formula is C18H20O6. The Morgan fingerprint density at radius 2 is 1.67 bits per heavy atom. The molecule has 1 saturated heterocycles. The monoisotopic (exact) mass is 332 g/mol. The van der Waals surface area contributed by atoms with Gasteiger partial charge in [0.2, 0.25) is 0 Å². The number of fused-ring (bicyclic) bond motifs is 1. The van der Waals surface area contributed by atoms with Crippen LogP contribution in [0.4, 0.5) is 0 Å². The van der Waals surface area contributed by atoms with Crippen molar-refractivity contribution in [2.24, 2.45) is 17.3 Å². The average Bonchev–Trinajstić information content (AvgIpc) is 2.92. The molecule has 2 heterocycles. The van der Waals surface area contributed by atoms with E-state index in [1.165, 1.54) is 0 Å². The standard InChI is InChI=1S/C18H20O6/c1-4-9-6-11-12(15(20)23-14(11)19)8-18(3)13(7-10(9)5-2)16(21)24-17(18)22/h7,9-10H,4-6,8H2,1-3H3/t9-,10+,18+/m0/s1. The summed E-state index contributed by atoms with van der Waals surface area (Å²) in [6.07, 6.45) is 3.72. The van der Waals surface area contributed by atoms with Crippen LogP contribution in [0.25, 0.3) is 0 Å². The van der Waals surface area contributed by atoms with E-state index in [0.29, 0.717) is 17.6 Å². The van der Waals surface area contributed by atoms with E-state index < -0.39 is 29.3 Å². The molecule has 3 aliphatic rings. The van der Waals surface area contributed by atoms with Gasteiger partial charge >= 0.3 is 23.9 Å². The van der Waals surface area contributed by atoms with E-state index in [1.807, 2.05) is 19.9 Å². The number of allylic oxidation sites excluding steroid dienone is 1. The maximum atomic E-state index is 12.3. The SMILES string of the molecule is CC[C@H]1CC2=C(C[C@@]3(C)C(=O)OC(=O)C3=C[C@H]1CC)C(=O)OC2=O. The Balaban J connectivity index is 2.20. The van der Waals surface area contributed by atoms with Crippen LogP contribution >= 0.6 is 0 Å². The number of carbonyl (C=O) groups excluding carboxylic acids is 4. The minimum Gasteiger partial charge on any atom is -0.389 e. The minimum atomic E-state index is -1.25. The van der Waals surface area contributed by atoms with Gasteiger partial charge in [-0.2, -0.15) is 0 Å². The topological polar surface area (TPSA) is 86.7 Å². The molecule has 3 atom stereocenters. The van der Waals surface area contributed by atoms with Crippen LogP contribution < -0.4 is 0 Å². The summed E-state index contributed by atoms with van der Waals surface area (Å²) >= 11 is 0. The highest BCUT2D eigenvalue weighted by molar-refractivity contribution is 6.14. The van der Waals surface area contributed by atoms with Crippen LogP contribution in [-0.4, -0.2) is 23.9 Å². The van der Waals surface area contributed by atoms with Gasteiger partial charge in [-0.05, 0) is 31.6 Å². The van der Waals surface area contributed by atoms with Crippen molar-refractivity contribution >= 4 is 23.9 Å². The second-order valence-corrected chi connectivity index (χ2v) is 6.84. The normalized spacial score (nSPS) is 33.2. The molecule has 1 fully saturated rings. The first kappa shape index (κ1) is 16.6. The highest BCUT2D eigenvalue weighted by Crippen LogP contribution is 2.47. The van der Waals surface area contributed by atoms with Crippen LogP contribution in [0.3, 0.4) is 0 Å². The molecule has 2 aliphatic heterocycles. The highest BCUT2D eigenvalue weighted by atomic mass is 16.6. The zero-order valence-corrected chi connectivity index (χ0v) is 14.0. The summed E-state index contributed by atoms with van der Waals surface area (Å²) in [4.78, 5) is 48.7. The lowest BCUT2D eigenvalue weighted by Gasteiger charge is -2.23. The van der Waals surface area contributed by atoms with Crippen molar-refractivity contribution in [3.63, 3.8) is 0 Å². The van der Waals surface area contributed by atoms with E-state index in [1.54, 1.807) is 6.92 Å². The van der Waals surface area contributed by atoms with Gasteiger partial charge in [0.1, 0.15) is 5.41 Å². The molecule has 128 valence electrons. The van der Waals surface area contributed by atoms with Crippen molar-refractivity contribution in [1.82, 2.24) is 0 Å². The fourth-order valence-electron chi connectivity index (χ4n) is 3.86.